The Morgan fingerprint density at radius 3 is 2.50 bits per heavy atom. The first-order chi connectivity index (χ1) is 10.4. The van der Waals surface area contributed by atoms with Crippen LogP contribution in [0.25, 0.3) is 0 Å². The Hall–Kier alpha value is -1.02. The average molecular weight is 322 g/mol. The summed E-state index contributed by atoms with van der Waals surface area (Å²) in [7, 11) is 1.70. The summed E-state index contributed by atoms with van der Waals surface area (Å²) in [5.74, 6) is 0.745. The lowest BCUT2D eigenvalue weighted by atomic mass is 10.2. The molecule has 2 saturated heterocycles. The highest BCUT2D eigenvalue weighted by Gasteiger charge is 2.41. The van der Waals surface area contributed by atoms with E-state index in [2.05, 4.69) is 10.3 Å². The van der Waals surface area contributed by atoms with Crippen molar-refractivity contribution >= 4 is 5.96 Å². The van der Waals surface area contributed by atoms with E-state index in [1.807, 2.05) is 4.90 Å². The number of hydrogen-bond donors (Lipinski definition) is 1. The molecule has 1 N–H and O–H groups in total. The summed E-state index contributed by atoms with van der Waals surface area (Å²) in [5.41, 5.74) is 0. The minimum Gasteiger partial charge on any atom is -0.376 e. The molecule has 2 rings (SSSR count). The summed E-state index contributed by atoms with van der Waals surface area (Å²) in [5, 5.41) is 3.27. The van der Waals surface area contributed by atoms with Gasteiger partial charge in [0.15, 0.2) is 5.96 Å². The topological polar surface area (TPSA) is 40.1 Å². The number of rotatable bonds is 3. The van der Waals surface area contributed by atoms with E-state index in [0.29, 0.717) is 32.7 Å². The molecular formula is C14H25F3N4O. The Balaban J connectivity index is 1.79. The molecule has 2 heterocycles. The summed E-state index contributed by atoms with van der Waals surface area (Å²) in [6, 6.07) is -1.39. The van der Waals surface area contributed by atoms with Gasteiger partial charge in [0.05, 0.1) is 6.10 Å². The quantitative estimate of drug-likeness (QED) is 0.628. The van der Waals surface area contributed by atoms with Crippen LogP contribution in [0.4, 0.5) is 13.2 Å². The molecule has 5 nitrogen and oxygen atoms in total. The maximum atomic E-state index is 12.7. The number of hydrogen-bond acceptors (Lipinski definition) is 3. The largest absolute Gasteiger partial charge is 0.403 e. The van der Waals surface area contributed by atoms with Crippen LogP contribution in [0.5, 0.6) is 0 Å². The monoisotopic (exact) mass is 322 g/mol. The van der Waals surface area contributed by atoms with Gasteiger partial charge in [-0.05, 0) is 19.8 Å². The van der Waals surface area contributed by atoms with Gasteiger partial charge in [0, 0.05) is 46.4 Å². The molecule has 8 heteroatoms. The van der Waals surface area contributed by atoms with Crippen LogP contribution in [0.1, 0.15) is 19.8 Å². The van der Waals surface area contributed by atoms with E-state index in [4.69, 9.17) is 4.74 Å². The van der Waals surface area contributed by atoms with E-state index in [9.17, 15) is 13.2 Å². The zero-order valence-electron chi connectivity index (χ0n) is 13.2. The highest BCUT2D eigenvalue weighted by molar-refractivity contribution is 5.80. The summed E-state index contributed by atoms with van der Waals surface area (Å²) in [4.78, 5) is 7.71. The standard InChI is InChI=1S/C14H25F3N4O/c1-11(14(15,16)17)20-5-7-21(8-6-20)13(18-2)19-10-12-4-3-9-22-12/h11-12H,3-10H2,1-2H3,(H,18,19). The van der Waals surface area contributed by atoms with Crippen LogP contribution in [-0.4, -0.2) is 80.5 Å². The van der Waals surface area contributed by atoms with Crippen molar-refractivity contribution in [2.45, 2.75) is 38.1 Å². The molecule has 0 spiro atoms. The van der Waals surface area contributed by atoms with Gasteiger partial charge < -0.3 is 15.0 Å². The minimum absolute atomic E-state index is 0.211. The Bertz CT molecular complexity index is 375. The fraction of sp³-hybridized carbons (Fsp3) is 0.929. The first-order valence-electron chi connectivity index (χ1n) is 7.79. The third-order valence-corrected chi connectivity index (χ3v) is 4.36. The fourth-order valence-electron chi connectivity index (χ4n) is 2.87. The summed E-state index contributed by atoms with van der Waals surface area (Å²) in [6.07, 6.45) is -1.83. The van der Waals surface area contributed by atoms with Crippen molar-refractivity contribution in [3.63, 3.8) is 0 Å². The molecular weight excluding hydrogens is 297 g/mol. The zero-order chi connectivity index (χ0) is 16.2. The molecule has 2 atom stereocenters. The second kappa shape index (κ2) is 7.50. The van der Waals surface area contributed by atoms with E-state index in [1.54, 1.807) is 7.05 Å². The SMILES string of the molecule is CN=C(NCC1CCCO1)N1CCN(C(C)C(F)(F)F)CC1. The summed E-state index contributed by atoms with van der Waals surface area (Å²) in [6.45, 7) is 4.60. The van der Waals surface area contributed by atoms with Crippen LogP contribution < -0.4 is 5.32 Å². The number of guanidine groups is 1. The molecule has 0 aromatic heterocycles. The number of nitrogens with zero attached hydrogens (tertiary/aromatic N) is 3. The Morgan fingerprint density at radius 2 is 2.00 bits per heavy atom. The van der Waals surface area contributed by atoms with Crippen molar-refractivity contribution in [1.82, 2.24) is 15.1 Å². The third kappa shape index (κ3) is 4.49. The molecule has 22 heavy (non-hydrogen) atoms. The second-order valence-electron chi connectivity index (χ2n) is 5.80. The maximum absolute atomic E-state index is 12.7. The molecule has 2 aliphatic rings. The fourth-order valence-corrected chi connectivity index (χ4v) is 2.87. The lowest BCUT2D eigenvalue weighted by Crippen LogP contribution is -2.57. The van der Waals surface area contributed by atoms with E-state index in [0.717, 1.165) is 25.4 Å². The van der Waals surface area contributed by atoms with Crippen LogP contribution in [0, 0.1) is 0 Å². The third-order valence-electron chi connectivity index (χ3n) is 4.36. The van der Waals surface area contributed by atoms with Gasteiger partial charge in [0.25, 0.3) is 0 Å². The Labute approximate surface area is 129 Å². The lowest BCUT2D eigenvalue weighted by Gasteiger charge is -2.39. The number of nitrogens with one attached hydrogen (secondary N) is 1. The second-order valence-corrected chi connectivity index (χ2v) is 5.80. The van der Waals surface area contributed by atoms with Crippen molar-refractivity contribution in [3.8, 4) is 0 Å². The first kappa shape index (κ1) is 17.3. The number of piperazine rings is 1. The van der Waals surface area contributed by atoms with E-state index in [1.165, 1.54) is 11.8 Å². The van der Waals surface area contributed by atoms with Crippen LogP contribution in [0.3, 0.4) is 0 Å². The van der Waals surface area contributed by atoms with Crippen molar-refractivity contribution < 1.29 is 17.9 Å². The van der Waals surface area contributed by atoms with Crippen LogP contribution in [0.15, 0.2) is 4.99 Å². The van der Waals surface area contributed by atoms with Gasteiger partial charge in [-0.1, -0.05) is 0 Å². The van der Waals surface area contributed by atoms with Crippen molar-refractivity contribution in [3.05, 3.63) is 0 Å². The van der Waals surface area contributed by atoms with Gasteiger partial charge in [0.1, 0.15) is 6.04 Å². The van der Waals surface area contributed by atoms with E-state index >= 15 is 0 Å². The molecule has 2 unspecified atom stereocenters. The van der Waals surface area contributed by atoms with Crippen LogP contribution in [0.2, 0.25) is 0 Å². The van der Waals surface area contributed by atoms with Gasteiger partial charge in [-0.3, -0.25) is 9.89 Å². The molecule has 0 amide bonds. The smallest absolute Gasteiger partial charge is 0.376 e. The molecule has 0 saturated carbocycles. The first-order valence-corrected chi connectivity index (χ1v) is 7.79. The van der Waals surface area contributed by atoms with Gasteiger partial charge >= 0.3 is 6.18 Å². The Morgan fingerprint density at radius 1 is 1.32 bits per heavy atom. The molecule has 2 aliphatic heterocycles. The van der Waals surface area contributed by atoms with Crippen LogP contribution in [-0.2, 0) is 4.74 Å². The molecule has 0 aromatic carbocycles. The molecule has 0 aliphatic carbocycles. The highest BCUT2D eigenvalue weighted by Crippen LogP contribution is 2.25. The van der Waals surface area contributed by atoms with Crippen molar-refractivity contribution in [1.29, 1.82) is 0 Å². The van der Waals surface area contributed by atoms with E-state index in [-0.39, 0.29) is 6.10 Å². The molecule has 0 bridgehead atoms. The predicted molar refractivity (Wildman–Crippen MR) is 79.0 cm³/mol. The zero-order valence-corrected chi connectivity index (χ0v) is 13.2. The molecule has 128 valence electrons. The van der Waals surface area contributed by atoms with Crippen molar-refractivity contribution in [2.24, 2.45) is 4.99 Å². The molecule has 0 radical (unpaired) electrons. The van der Waals surface area contributed by atoms with Crippen molar-refractivity contribution in [2.75, 3.05) is 46.4 Å². The normalized spacial score (nSPS) is 26.3. The Kier molecular flexibility index (Phi) is 5.91. The van der Waals surface area contributed by atoms with Crippen LogP contribution >= 0.6 is 0 Å². The minimum atomic E-state index is -4.16. The van der Waals surface area contributed by atoms with Gasteiger partial charge in [-0.25, -0.2) is 0 Å². The summed E-state index contributed by atoms with van der Waals surface area (Å²) < 4.78 is 43.8. The number of ether oxygens (including phenoxy) is 1. The average Bonchev–Trinajstić information content (AvgIpc) is 3.00. The number of halogens is 3. The summed E-state index contributed by atoms with van der Waals surface area (Å²) >= 11 is 0. The number of alkyl halides is 3. The predicted octanol–water partition coefficient (Wildman–Crippen LogP) is 1.31. The highest BCUT2D eigenvalue weighted by atomic mass is 19.4. The molecule has 0 aromatic rings. The molecule has 2 fully saturated rings. The van der Waals surface area contributed by atoms with Gasteiger partial charge in [-0.2, -0.15) is 13.2 Å². The van der Waals surface area contributed by atoms with Gasteiger partial charge in [-0.15, -0.1) is 0 Å². The van der Waals surface area contributed by atoms with E-state index < -0.39 is 12.2 Å². The van der Waals surface area contributed by atoms with Gasteiger partial charge in [0.2, 0.25) is 0 Å². The lowest BCUT2D eigenvalue weighted by molar-refractivity contribution is -0.181. The maximum Gasteiger partial charge on any atom is 0.403 e. The number of aliphatic imine (C=N–C) groups is 1.